The van der Waals surface area contributed by atoms with E-state index in [9.17, 15) is 0 Å². The number of thiophene rings is 1. The molecule has 2 aromatic heterocycles. The van der Waals surface area contributed by atoms with Crippen molar-refractivity contribution in [3.8, 4) is 0 Å². The molecule has 20 heavy (non-hydrogen) atoms. The number of nitrogens with zero attached hydrogens (tertiary/aromatic N) is 2. The van der Waals surface area contributed by atoms with Crippen LogP contribution in [0.5, 0.6) is 0 Å². The summed E-state index contributed by atoms with van der Waals surface area (Å²) >= 11 is 1.80. The van der Waals surface area contributed by atoms with E-state index < -0.39 is 0 Å². The molecule has 1 aliphatic rings. The van der Waals surface area contributed by atoms with Gasteiger partial charge in [-0.15, -0.1) is 11.3 Å². The quantitative estimate of drug-likeness (QED) is 0.914. The molecule has 2 unspecified atom stereocenters. The summed E-state index contributed by atoms with van der Waals surface area (Å²) in [7, 11) is 0. The van der Waals surface area contributed by atoms with Crippen molar-refractivity contribution in [1.29, 1.82) is 0 Å². The lowest BCUT2D eigenvalue weighted by Crippen LogP contribution is -2.15. The number of hydrogen-bond acceptors (Lipinski definition) is 4. The average molecular weight is 291 g/mol. The molecule has 0 amide bonds. The summed E-state index contributed by atoms with van der Waals surface area (Å²) in [6, 6.07) is 2.48. The number of aryl methyl sites for hydroxylation is 1. The van der Waals surface area contributed by atoms with Crippen LogP contribution < -0.4 is 5.32 Å². The van der Waals surface area contributed by atoms with E-state index in [1.807, 2.05) is 10.9 Å². The molecule has 1 fully saturated rings. The molecule has 2 atom stereocenters. The molecule has 0 bridgehead atoms. The number of anilines is 1. The van der Waals surface area contributed by atoms with Crippen LogP contribution in [0.4, 0.5) is 5.69 Å². The van der Waals surface area contributed by atoms with Gasteiger partial charge in [0, 0.05) is 17.7 Å². The van der Waals surface area contributed by atoms with Crippen LogP contribution in [0.3, 0.4) is 0 Å². The topological polar surface area (TPSA) is 39.1 Å². The van der Waals surface area contributed by atoms with Crippen molar-refractivity contribution >= 4 is 17.0 Å². The van der Waals surface area contributed by atoms with Gasteiger partial charge in [-0.25, -0.2) is 0 Å². The average Bonchev–Trinajstić information content (AvgIpc) is 3.12. The molecule has 4 nitrogen and oxygen atoms in total. The highest BCUT2D eigenvalue weighted by atomic mass is 32.1. The van der Waals surface area contributed by atoms with Gasteiger partial charge in [-0.1, -0.05) is 0 Å². The van der Waals surface area contributed by atoms with Gasteiger partial charge in [-0.2, -0.15) is 5.10 Å². The first-order valence-corrected chi connectivity index (χ1v) is 8.05. The minimum absolute atomic E-state index is 0.315. The first kappa shape index (κ1) is 13.6. The summed E-state index contributed by atoms with van der Waals surface area (Å²) in [6.07, 6.45) is 6.62. The van der Waals surface area contributed by atoms with E-state index in [1.54, 1.807) is 11.3 Å². The van der Waals surface area contributed by atoms with Crippen LogP contribution in [-0.4, -0.2) is 22.5 Å². The van der Waals surface area contributed by atoms with Crippen LogP contribution in [0.25, 0.3) is 0 Å². The fourth-order valence-corrected chi connectivity index (χ4v) is 3.61. The Kier molecular flexibility index (Phi) is 4.08. The van der Waals surface area contributed by atoms with Crippen molar-refractivity contribution in [2.45, 2.75) is 45.4 Å². The minimum atomic E-state index is 0.315. The molecule has 1 saturated heterocycles. The van der Waals surface area contributed by atoms with Crippen molar-refractivity contribution in [2.75, 3.05) is 11.9 Å². The highest BCUT2D eigenvalue weighted by Crippen LogP contribution is 2.26. The second-order valence-electron chi connectivity index (χ2n) is 5.42. The highest BCUT2D eigenvalue weighted by molar-refractivity contribution is 7.10. The molecule has 108 valence electrons. The molecule has 0 aromatic carbocycles. The van der Waals surface area contributed by atoms with E-state index in [-0.39, 0.29) is 0 Å². The van der Waals surface area contributed by atoms with Crippen LogP contribution in [0.15, 0.2) is 23.8 Å². The summed E-state index contributed by atoms with van der Waals surface area (Å²) in [5.41, 5.74) is 2.42. The van der Waals surface area contributed by atoms with E-state index in [0.29, 0.717) is 12.1 Å². The third-order valence-electron chi connectivity index (χ3n) is 3.73. The number of nitrogens with one attached hydrogen (secondary N) is 1. The van der Waals surface area contributed by atoms with E-state index >= 15 is 0 Å². The summed E-state index contributed by atoms with van der Waals surface area (Å²) < 4.78 is 7.62. The summed E-state index contributed by atoms with van der Waals surface area (Å²) in [4.78, 5) is 1.39. The Morgan fingerprint density at radius 3 is 3.20 bits per heavy atom. The number of hydrogen-bond donors (Lipinski definition) is 1. The third-order valence-corrected chi connectivity index (χ3v) is 4.93. The predicted octanol–water partition coefficient (Wildman–Crippen LogP) is 3.61. The van der Waals surface area contributed by atoms with E-state index in [1.165, 1.54) is 16.9 Å². The normalized spacial score (nSPS) is 20.2. The summed E-state index contributed by atoms with van der Waals surface area (Å²) in [6.45, 7) is 6.10. The highest BCUT2D eigenvalue weighted by Gasteiger charge is 2.17. The lowest BCUT2D eigenvalue weighted by Gasteiger charge is -2.13. The fourth-order valence-electron chi connectivity index (χ4n) is 2.68. The Balaban J connectivity index is 1.60. The Morgan fingerprint density at radius 1 is 1.60 bits per heavy atom. The van der Waals surface area contributed by atoms with Gasteiger partial charge in [0.25, 0.3) is 0 Å². The van der Waals surface area contributed by atoms with Crippen molar-refractivity contribution in [1.82, 2.24) is 9.78 Å². The maximum atomic E-state index is 5.64. The standard InChI is InChI=1S/C15H21N3OS/c1-11-5-7-20-15(11)12(2)17-13-8-16-18(9-13)10-14-4-3-6-19-14/h5,7-9,12,14,17H,3-4,6,10H2,1-2H3. The predicted molar refractivity (Wildman–Crippen MR) is 82.3 cm³/mol. The summed E-state index contributed by atoms with van der Waals surface area (Å²) in [5.74, 6) is 0. The first-order valence-electron chi connectivity index (χ1n) is 7.17. The number of rotatable bonds is 5. The zero-order chi connectivity index (χ0) is 13.9. The molecule has 5 heteroatoms. The van der Waals surface area contributed by atoms with Gasteiger partial charge in [-0.05, 0) is 43.7 Å². The van der Waals surface area contributed by atoms with Gasteiger partial charge in [-0.3, -0.25) is 4.68 Å². The molecule has 0 spiro atoms. The molecule has 0 radical (unpaired) electrons. The van der Waals surface area contributed by atoms with Crippen LogP contribution in [0.1, 0.15) is 36.2 Å². The van der Waals surface area contributed by atoms with Crippen molar-refractivity contribution in [2.24, 2.45) is 0 Å². The zero-order valence-electron chi connectivity index (χ0n) is 12.0. The Morgan fingerprint density at radius 2 is 2.50 bits per heavy atom. The van der Waals surface area contributed by atoms with E-state index in [0.717, 1.165) is 25.3 Å². The smallest absolute Gasteiger partial charge is 0.0771 e. The van der Waals surface area contributed by atoms with E-state index in [2.05, 4.69) is 41.9 Å². The van der Waals surface area contributed by atoms with Gasteiger partial charge in [0.15, 0.2) is 0 Å². The Hall–Kier alpha value is -1.33. The van der Waals surface area contributed by atoms with Crippen LogP contribution >= 0.6 is 11.3 Å². The molecular formula is C15H21N3OS. The molecule has 3 rings (SSSR count). The second kappa shape index (κ2) is 5.97. The molecule has 0 saturated carbocycles. The Bertz CT molecular complexity index is 557. The Labute approximate surface area is 123 Å². The van der Waals surface area contributed by atoms with Crippen molar-refractivity contribution in [3.63, 3.8) is 0 Å². The maximum absolute atomic E-state index is 5.64. The molecule has 3 heterocycles. The van der Waals surface area contributed by atoms with Gasteiger partial charge >= 0.3 is 0 Å². The fraction of sp³-hybridized carbons (Fsp3) is 0.533. The molecule has 0 aliphatic carbocycles. The lowest BCUT2D eigenvalue weighted by atomic mass is 10.2. The van der Waals surface area contributed by atoms with Crippen LogP contribution in [0.2, 0.25) is 0 Å². The van der Waals surface area contributed by atoms with Gasteiger partial charge in [0.1, 0.15) is 0 Å². The van der Waals surface area contributed by atoms with Crippen LogP contribution in [0, 0.1) is 6.92 Å². The minimum Gasteiger partial charge on any atom is -0.376 e. The van der Waals surface area contributed by atoms with Gasteiger partial charge in [0.2, 0.25) is 0 Å². The van der Waals surface area contributed by atoms with E-state index in [4.69, 9.17) is 4.74 Å². The number of ether oxygens (including phenoxy) is 1. The molecule has 1 aliphatic heterocycles. The molecular weight excluding hydrogens is 270 g/mol. The van der Waals surface area contributed by atoms with Gasteiger partial charge in [0.05, 0.1) is 30.6 Å². The SMILES string of the molecule is Cc1ccsc1C(C)Nc1cnn(CC2CCCO2)c1. The van der Waals surface area contributed by atoms with Crippen molar-refractivity contribution < 1.29 is 4.74 Å². The maximum Gasteiger partial charge on any atom is 0.0771 e. The van der Waals surface area contributed by atoms with Crippen LogP contribution in [-0.2, 0) is 11.3 Å². The molecule has 1 N–H and O–H groups in total. The third kappa shape index (κ3) is 3.04. The zero-order valence-corrected chi connectivity index (χ0v) is 12.8. The number of aromatic nitrogens is 2. The lowest BCUT2D eigenvalue weighted by molar-refractivity contribution is 0.0940. The van der Waals surface area contributed by atoms with Gasteiger partial charge < -0.3 is 10.1 Å². The van der Waals surface area contributed by atoms with Crippen molar-refractivity contribution in [3.05, 3.63) is 34.3 Å². The monoisotopic (exact) mass is 291 g/mol. The summed E-state index contributed by atoms with van der Waals surface area (Å²) in [5, 5.41) is 10.1. The first-order chi connectivity index (χ1) is 9.72. The largest absolute Gasteiger partial charge is 0.376 e. The molecule has 2 aromatic rings. The second-order valence-corrected chi connectivity index (χ2v) is 6.37.